The van der Waals surface area contributed by atoms with E-state index in [-0.39, 0.29) is 23.4 Å². The van der Waals surface area contributed by atoms with E-state index < -0.39 is 16.4 Å². The van der Waals surface area contributed by atoms with Gasteiger partial charge in [-0.3, -0.25) is 4.31 Å². The molecule has 0 unspecified atom stereocenters. The molecule has 1 aromatic heterocycles. The van der Waals surface area contributed by atoms with Gasteiger partial charge in [-0.25, -0.2) is 19.3 Å². The van der Waals surface area contributed by atoms with Crippen molar-refractivity contribution in [2.45, 2.75) is 30.9 Å². The molecule has 0 atom stereocenters. The Bertz CT molecular complexity index is 1500. The van der Waals surface area contributed by atoms with Gasteiger partial charge in [-0.15, -0.1) is 24.5 Å². The van der Waals surface area contributed by atoms with Crippen molar-refractivity contribution >= 4 is 36.4 Å². The molecule has 0 radical (unpaired) electrons. The lowest BCUT2D eigenvalue weighted by Gasteiger charge is -2.24. The molecule has 4 aromatic rings. The number of benzene rings is 3. The van der Waals surface area contributed by atoms with Crippen LogP contribution in [0, 0.1) is 6.92 Å². The van der Waals surface area contributed by atoms with Crippen LogP contribution in [0.3, 0.4) is 0 Å². The van der Waals surface area contributed by atoms with Crippen LogP contribution in [-0.2, 0) is 16.6 Å². The molecule has 1 fully saturated rings. The summed E-state index contributed by atoms with van der Waals surface area (Å²) in [5.41, 5.74) is 13.4. The average molecular weight is 550 g/mol. The zero-order valence-electron chi connectivity index (χ0n) is 19.3. The first kappa shape index (κ1) is 25.4. The smallest absolute Gasteiger partial charge is 0.406 e. The Morgan fingerprint density at radius 1 is 0.946 bits per heavy atom. The third-order valence-corrected chi connectivity index (χ3v) is 9.00. The summed E-state index contributed by atoms with van der Waals surface area (Å²) in [6.07, 6.45) is -5.07. The normalized spacial score (nSPS) is 14.8. The molecule has 0 saturated carbocycles. The van der Waals surface area contributed by atoms with E-state index in [0.717, 1.165) is 21.2 Å². The van der Waals surface area contributed by atoms with Crippen molar-refractivity contribution in [1.82, 2.24) is 21.9 Å². The van der Waals surface area contributed by atoms with E-state index in [9.17, 15) is 21.6 Å². The first-order valence-corrected chi connectivity index (χ1v) is 13.3. The van der Waals surface area contributed by atoms with Crippen LogP contribution in [0.4, 0.5) is 18.2 Å². The van der Waals surface area contributed by atoms with Crippen LogP contribution in [0.15, 0.2) is 77.7 Å². The second kappa shape index (κ2) is 9.93. The molecular formula is C24H22F3N5O3S2. The van der Waals surface area contributed by atoms with Crippen molar-refractivity contribution in [1.29, 1.82) is 0 Å². The topological polar surface area (TPSA) is 94.7 Å². The summed E-state index contributed by atoms with van der Waals surface area (Å²) in [5, 5.41) is 1.47. The van der Waals surface area contributed by atoms with Gasteiger partial charge in [0.05, 0.1) is 11.4 Å². The summed E-state index contributed by atoms with van der Waals surface area (Å²) in [4.78, 5) is 0.0871. The van der Waals surface area contributed by atoms with Gasteiger partial charge in [0, 0.05) is 4.70 Å². The molecule has 4 N–H and O–H groups in total. The maximum atomic E-state index is 14.0. The Morgan fingerprint density at radius 2 is 1.59 bits per heavy atom. The maximum absolute atomic E-state index is 14.0. The number of nitrogens with zero attached hydrogens (tertiary/aromatic N) is 1. The number of halogens is 3. The number of fused-ring (bicyclic) bond motifs is 1. The van der Waals surface area contributed by atoms with Gasteiger partial charge in [-0.2, -0.15) is 11.1 Å². The van der Waals surface area contributed by atoms with Crippen LogP contribution in [-0.4, -0.2) is 14.8 Å². The molecule has 0 bridgehead atoms. The molecule has 0 aliphatic carbocycles. The van der Waals surface area contributed by atoms with Crippen LogP contribution >= 0.6 is 11.3 Å². The van der Waals surface area contributed by atoms with Gasteiger partial charge in [-0.05, 0) is 59.3 Å². The van der Waals surface area contributed by atoms with Crippen LogP contribution in [0.25, 0.3) is 10.1 Å². The molecule has 13 heteroatoms. The van der Waals surface area contributed by atoms with Gasteiger partial charge < -0.3 is 4.74 Å². The first-order valence-electron chi connectivity index (χ1n) is 11.1. The number of aryl methyl sites for hydroxylation is 1. The van der Waals surface area contributed by atoms with Gasteiger partial charge in [0.1, 0.15) is 16.9 Å². The Hall–Kier alpha value is -3.20. The fourth-order valence-electron chi connectivity index (χ4n) is 4.01. The van der Waals surface area contributed by atoms with E-state index in [1.807, 2.05) is 31.2 Å². The summed E-state index contributed by atoms with van der Waals surface area (Å²) in [6, 6.07) is 19.3. The summed E-state index contributed by atoms with van der Waals surface area (Å²) < 4.78 is 71.8. The number of alkyl halides is 3. The third-order valence-electron chi connectivity index (χ3n) is 5.83. The zero-order chi connectivity index (χ0) is 26.2. The minimum atomic E-state index is -4.81. The predicted molar refractivity (Wildman–Crippen MR) is 135 cm³/mol. The van der Waals surface area contributed by atoms with Crippen molar-refractivity contribution in [3.63, 3.8) is 0 Å². The predicted octanol–water partition coefficient (Wildman–Crippen LogP) is 4.62. The van der Waals surface area contributed by atoms with Crippen molar-refractivity contribution in [2.24, 2.45) is 0 Å². The van der Waals surface area contributed by atoms with Crippen molar-refractivity contribution in [3.05, 3.63) is 89.5 Å². The van der Waals surface area contributed by atoms with Crippen LogP contribution in [0.5, 0.6) is 5.75 Å². The second-order valence-corrected chi connectivity index (χ2v) is 11.2. The molecule has 8 nitrogen and oxygen atoms in total. The second-order valence-electron chi connectivity index (χ2n) is 8.27. The number of thiophene rings is 1. The van der Waals surface area contributed by atoms with E-state index in [0.29, 0.717) is 10.6 Å². The number of hydrogen-bond donors (Lipinski definition) is 4. The summed E-state index contributed by atoms with van der Waals surface area (Å²) in [7, 11) is -4.04. The fourth-order valence-corrected chi connectivity index (χ4v) is 6.94. The van der Waals surface area contributed by atoms with Gasteiger partial charge in [0.25, 0.3) is 10.0 Å². The number of hydrogen-bond acceptors (Lipinski definition) is 8. The SMILES string of the molecule is Cc1c(N(Cc2ccc(OC(F)(F)F)cc2)S(=O)(=O)c2ccc(C3NNNN3)cc2)sc2ccccc12. The molecule has 0 amide bonds. The van der Waals surface area contributed by atoms with Crippen molar-refractivity contribution < 1.29 is 26.3 Å². The van der Waals surface area contributed by atoms with E-state index in [1.54, 1.807) is 12.1 Å². The number of sulfonamides is 1. The zero-order valence-corrected chi connectivity index (χ0v) is 21.0. The molecule has 2 heterocycles. The largest absolute Gasteiger partial charge is 0.573 e. The van der Waals surface area contributed by atoms with Crippen LogP contribution in [0.1, 0.15) is 22.9 Å². The van der Waals surface area contributed by atoms with E-state index in [1.165, 1.54) is 52.0 Å². The van der Waals surface area contributed by atoms with Gasteiger partial charge >= 0.3 is 6.36 Å². The molecule has 3 aromatic carbocycles. The molecule has 0 spiro atoms. The minimum absolute atomic E-state index is 0.0797. The van der Waals surface area contributed by atoms with Gasteiger partial charge in [-0.1, -0.05) is 42.5 Å². The Morgan fingerprint density at radius 3 is 2.22 bits per heavy atom. The minimum Gasteiger partial charge on any atom is -0.406 e. The number of ether oxygens (including phenoxy) is 1. The highest BCUT2D eigenvalue weighted by Crippen LogP contribution is 2.41. The standard InChI is InChI=1S/C24H22F3N5O3S2/c1-15-20-4-2-3-5-21(20)36-23(15)32(14-16-6-10-18(11-7-16)35-24(25,26)27)37(33,34)19-12-8-17(9-13-19)22-28-30-31-29-22/h2-13,22,28-31H,14H2,1H3. The van der Waals surface area contributed by atoms with E-state index in [2.05, 4.69) is 26.7 Å². The monoisotopic (exact) mass is 549 g/mol. The highest BCUT2D eigenvalue weighted by Gasteiger charge is 2.32. The van der Waals surface area contributed by atoms with Crippen molar-refractivity contribution in [2.75, 3.05) is 4.31 Å². The Kier molecular flexibility index (Phi) is 6.83. The summed E-state index contributed by atoms with van der Waals surface area (Å²) in [6.45, 7) is 1.78. The number of rotatable bonds is 7. The summed E-state index contributed by atoms with van der Waals surface area (Å²) >= 11 is 1.34. The molecule has 37 heavy (non-hydrogen) atoms. The van der Waals surface area contributed by atoms with E-state index >= 15 is 0 Å². The third kappa shape index (κ3) is 5.42. The fraction of sp³-hybridized carbons (Fsp3) is 0.167. The molecule has 1 aliphatic rings. The highest BCUT2D eigenvalue weighted by atomic mass is 32.2. The average Bonchev–Trinajstić information content (AvgIpc) is 3.52. The number of nitrogens with one attached hydrogen (secondary N) is 4. The summed E-state index contributed by atoms with van der Waals surface area (Å²) in [5.74, 6) is -0.377. The van der Waals surface area contributed by atoms with Gasteiger partial charge in [0.15, 0.2) is 0 Å². The highest BCUT2D eigenvalue weighted by molar-refractivity contribution is 7.93. The lowest BCUT2D eigenvalue weighted by molar-refractivity contribution is -0.274. The Labute approximate surface area is 215 Å². The molecule has 1 aliphatic heterocycles. The van der Waals surface area contributed by atoms with E-state index in [4.69, 9.17) is 0 Å². The van der Waals surface area contributed by atoms with Crippen LogP contribution in [0.2, 0.25) is 0 Å². The van der Waals surface area contributed by atoms with Crippen molar-refractivity contribution in [3.8, 4) is 5.75 Å². The van der Waals surface area contributed by atoms with Crippen LogP contribution < -0.4 is 31.0 Å². The number of anilines is 1. The first-order chi connectivity index (χ1) is 17.6. The number of hydrazine groups is 3. The molecule has 194 valence electrons. The van der Waals surface area contributed by atoms with Gasteiger partial charge in [0.2, 0.25) is 0 Å². The Balaban J connectivity index is 1.52. The molecule has 1 saturated heterocycles. The lowest BCUT2D eigenvalue weighted by atomic mass is 10.2. The molecular weight excluding hydrogens is 527 g/mol. The molecule has 5 rings (SSSR count). The maximum Gasteiger partial charge on any atom is 0.573 e. The lowest BCUT2D eigenvalue weighted by Crippen LogP contribution is -2.33. The quantitative estimate of drug-likeness (QED) is 0.267.